The van der Waals surface area contributed by atoms with Crippen molar-refractivity contribution in [3.05, 3.63) is 11.6 Å². The smallest absolute Gasteiger partial charge is 0.309 e. The first-order chi connectivity index (χ1) is 14.8. The van der Waals surface area contributed by atoms with Gasteiger partial charge in [0.15, 0.2) is 0 Å². The lowest BCUT2D eigenvalue weighted by atomic mass is 9.87. The van der Waals surface area contributed by atoms with Crippen molar-refractivity contribution in [1.82, 2.24) is 0 Å². The summed E-state index contributed by atoms with van der Waals surface area (Å²) < 4.78 is 20.6. The molecule has 4 atom stereocenters. The Balaban J connectivity index is 4.73. The first-order valence-electron chi connectivity index (χ1n) is 11.3. The number of halogens is 1. The fraction of sp³-hybridized carbons (Fsp3) is 0.833. The first-order valence-corrected chi connectivity index (χ1v) is 12.5. The molecule has 182 valence electrons. The summed E-state index contributed by atoms with van der Waals surface area (Å²) in [5, 5.41) is 0.752. The average molecular weight is 508 g/mol. The summed E-state index contributed by atoms with van der Waals surface area (Å²) in [6, 6.07) is 0. The molecular weight excluding hydrogens is 464 g/mol. The highest BCUT2D eigenvalue weighted by Gasteiger charge is 2.26. The van der Waals surface area contributed by atoms with Crippen LogP contribution in [0.25, 0.3) is 0 Å². The molecule has 0 aromatic heterocycles. The van der Waals surface area contributed by atoms with E-state index in [1.54, 1.807) is 14.2 Å². The summed E-state index contributed by atoms with van der Waals surface area (Å²) >= 11 is 3.49. The van der Waals surface area contributed by atoms with Crippen LogP contribution in [-0.4, -0.2) is 57.9 Å². The van der Waals surface area contributed by atoms with E-state index in [-0.39, 0.29) is 42.2 Å². The van der Waals surface area contributed by atoms with Gasteiger partial charge in [-0.15, -0.1) is 0 Å². The molecule has 0 aliphatic rings. The van der Waals surface area contributed by atoms with E-state index in [1.165, 1.54) is 5.57 Å². The average Bonchev–Trinajstić information content (AvgIpc) is 2.76. The Kier molecular flexibility index (Phi) is 18.1. The van der Waals surface area contributed by atoms with Crippen LogP contribution in [0.15, 0.2) is 11.6 Å². The van der Waals surface area contributed by atoms with E-state index in [1.807, 2.05) is 0 Å². The Morgan fingerprint density at radius 3 is 1.84 bits per heavy atom. The van der Waals surface area contributed by atoms with Gasteiger partial charge in [0.1, 0.15) is 13.2 Å². The van der Waals surface area contributed by atoms with Gasteiger partial charge in [0, 0.05) is 19.5 Å². The second kappa shape index (κ2) is 18.6. The van der Waals surface area contributed by atoms with Crippen molar-refractivity contribution >= 4 is 27.9 Å². The quantitative estimate of drug-likeness (QED) is 0.110. The zero-order valence-electron chi connectivity index (χ0n) is 20.3. The number of hydrogen-bond donors (Lipinski definition) is 0. The van der Waals surface area contributed by atoms with Gasteiger partial charge in [0.05, 0.1) is 25.0 Å². The van der Waals surface area contributed by atoms with Crippen LogP contribution < -0.4 is 0 Å². The number of alkyl halides is 1. The fourth-order valence-electron chi connectivity index (χ4n) is 3.32. The molecule has 6 nitrogen and oxygen atoms in total. The molecule has 0 aliphatic heterocycles. The lowest BCUT2D eigenvalue weighted by Crippen LogP contribution is -2.26. The number of methoxy groups -OCH3 is 2. The molecule has 0 bridgehead atoms. The van der Waals surface area contributed by atoms with Crippen LogP contribution in [0, 0.1) is 23.7 Å². The molecule has 0 heterocycles. The van der Waals surface area contributed by atoms with E-state index in [2.05, 4.69) is 49.7 Å². The largest absolute Gasteiger partial charge is 0.463 e. The Bertz CT molecular complexity index is 522. The van der Waals surface area contributed by atoms with Gasteiger partial charge < -0.3 is 18.9 Å². The maximum Gasteiger partial charge on any atom is 0.309 e. The van der Waals surface area contributed by atoms with Gasteiger partial charge in [-0.3, -0.25) is 9.59 Å². The Morgan fingerprint density at radius 2 is 1.39 bits per heavy atom. The summed E-state index contributed by atoms with van der Waals surface area (Å²) in [5.74, 6) is -0.0878. The molecule has 7 heteroatoms. The van der Waals surface area contributed by atoms with Crippen LogP contribution in [0.2, 0.25) is 0 Å². The minimum Gasteiger partial charge on any atom is -0.463 e. The number of hydrogen-bond acceptors (Lipinski definition) is 6. The molecule has 0 rings (SSSR count). The van der Waals surface area contributed by atoms with Gasteiger partial charge in [-0.1, -0.05) is 54.8 Å². The topological polar surface area (TPSA) is 71.1 Å². The highest BCUT2D eigenvalue weighted by Crippen LogP contribution is 2.25. The monoisotopic (exact) mass is 506 g/mol. The molecule has 0 saturated carbocycles. The number of esters is 2. The molecule has 4 unspecified atom stereocenters. The van der Waals surface area contributed by atoms with Crippen molar-refractivity contribution in [3.63, 3.8) is 0 Å². The van der Waals surface area contributed by atoms with Crippen molar-refractivity contribution in [2.45, 2.75) is 59.8 Å². The number of carbonyl (C=O) groups excluding carboxylic acids is 2. The van der Waals surface area contributed by atoms with Crippen LogP contribution in [0.4, 0.5) is 0 Å². The Morgan fingerprint density at radius 1 is 0.871 bits per heavy atom. The van der Waals surface area contributed by atoms with Gasteiger partial charge in [-0.05, 0) is 44.4 Å². The van der Waals surface area contributed by atoms with Crippen molar-refractivity contribution in [2.24, 2.45) is 23.7 Å². The van der Waals surface area contributed by atoms with Crippen molar-refractivity contribution < 1.29 is 28.5 Å². The molecule has 0 amide bonds. The zero-order valence-corrected chi connectivity index (χ0v) is 21.9. The molecule has 0 spiro atoms. The van der Waals surface area contributed by atoms with Gasteiger partial charge in [-0.25, -0.2) is 0 Å². The molecule has 0 aromatic carbocycles. The van der Waals surface area contributed by atoms with E-state index >= 15 is 0 Å². The minimum absolute atomic E-state index is 0.108. The summed E-state index contributed by atoms with van der Waals surface area (Å²) in [6.07, 6.45) is 6.27. The number of rotatable bonds is 18. The molecular formula is C24H43BrO6. The number of ether oxygens (including phenoxy) is 4. The standard InChI is InChI=1S/C24H43BrO6/c1-7-19(3)21(23(26)30-15-13-28-5)10-8-9-18(2)11-12-22(20(4)17-25)24(27)31-16-14-29-6/h9,19-22H,7-8,10-17H2,1-6H3/b18-9-. The summed E-state index contributed by atoms with van der Waals surface area (Å²) in [5.41, 5.74) is 1.23. The van der Waals surface area contributed by atoms with Crippen molar-refractivity contribution in [3.8, 4) is 0 Å². The zero-order chi connectivity index (χ0) is 23.6. The van der Waals surface area contributed by atoms with E-state index < -0.39 is 0 Å². The van der Waals surface area contributed by atoms with E-state index in [9.17, 15) is 9.59 Å². The molecule has 0 N–H and O–H groups in total. The lowest BCUT2D eigenvalue weighted by Gasteiger charge is -2.22. The SMILES string of the molecule is CCC(C)C(CC/C=C(/C)CCC(C(=O)OCCOC)C(C)CBr)C(=O)OCCOC. The van der Waals surface area contributed by atoms with Gasteiger partial charge >= 0.3 is 11.9 Å². The highest BCUT2D eigenvalue weighted by atomic mass is 79.9. The predicted molar refractivity (Wildman–Crippen MR) is 127 cm³/mol. The van der Waals surface area contributed by atoms with Gasteiger partial charge in [0.25, 0.3) is 0 Å². The van der Waals surface area contributed by atoms with Crippen LogP contribution in [-0.2, 0) is 28.5 Å². The molecule has 0 radical (unpaired) electrons. The third-order valence-corrected chi connectivity index (χ3v) is 6.77. The first kappa shape index (κ1) is 30.1. The van der Waals surface area contributed by atoms with Crippen LogP contribution in [0.1, 0.15) is 59.8 Å². The van der Waals surface area contributed by atoms with Crippen LogP contribution in [0.3, 0.4) is 0 Å². The molecule has 0 saturated heterocycles. The normalized spacial score (nSPS) is 15.8. The van der Waals surface area contributed by atoms with Crippen LogP contribution in [0.5, 0.6) is 0 Å². The number of allylic oxidation sites excluding steroid dienone is 2. The minimum atomic E-state index is -0.160. The van der Waals surface area contributed by atoms with E-state index in [4.69, 9.17) is 18.9 Å². The Labute approximate surface area is 197 Å². The lowest BCUT2D eigenvalue weighted by molar-refractivity contribution is -0.152. The molecule has 0 aliphatic carbocycles. The summed E-state index contributed by atoms with van der Waals surface area (Å²) in [4.78, 5) is 24.9. The van der Waals surface area contributed by atoms with Crippen molar-refractivity contribution in [2.75, 3.05) is 46.0 Å². The third kappa shape index (κ3) is 13.3. The van der Waals surface area contributed by atoms with E-state index in [0.29, 0.717) is 19.8 Å². The second-order valence-corrected chi connectivity index (χ2v) is 8.86. The molecule has 0 aromatic rings. The summed E-state index contributed by atoms with van der Waals surface area (Å²) in [7, 11) is 3.18. The third-order valence-electron chi connectivity index (χ3n) is 5.75. The van der Waals surface area contributed by atoms with Crippen molar-refractivity contribution in [1.29, 1.82) is 0 Å². The highest BCUT2D eigenvalue weighted by molar-refractivity contribution is 9.09. The van der Waals surface area contributed by atoms with Crippen LogP contribution >= 0.6 is 15.9 Å². The second-order valence-electron chi connectivity index (χ2n) is 8.22. The maximum atomic E-state index is 12.4. The predicted octanol–water partition coefficient (Wildman–Crippen LogP) is 5.18. The van der Waals surface area contributed by atoms with E-state index in [0.717, 1.165) is 37.4 Å². The fourth-order valence-corrected chi connectivity index (χ4v) is 3.77. The molecule has 31 heavy (non-hydrogen) atoms. The Hall–Kier alpha value is -0.920. The van der Waals surface area contributed by atoms with Gasteiger partial charge in [-0.2, -0.15) is 0 Å². The molecule has 0 fully saturated rings. The summed E-state index contributed by atoms with van der Waals surface area (Å²) in [6.45, 7) is 9.74. The maximum absolute atomic E-state index is 12.4. The number of carbonyl (C=O) groups is 2. The van der Waals surface area contributed by atoms with Gasteiger partial charge in [0.2, 0.25) is 0 Å².